The van der Waals surface area contributed by atoms with Crippen LogP contribution in [0.1, 0.15) is 12.8 Å². The predicted octanol–water partition coefficient (Wildman–Crippen LogP) is 0.356. The fraction of sp³-hybridized carbons (Fsp3) is 0.667. The minimum Gasteiger partial charge on any atom is -0.478 e. The van der Waals surface area contributed by atoms with E-state index in [4.69, 9.17) is 10.2 Å². The van der Waals surface area contributed by atoms with Gasteiger partial charge in [0, 0.05) is 24.2 Å². The molecule has 0 aromatic rings. The van der Waals surface area contributed by atoms with Crippen LogP contribution in [0.25, 0.3) is 0 Å². The number of carbonyl (C=O) groups is 2. The van der Waals surface area contributed by atoms with Crippen molar-refractivity contribution in [2.45, 2.75) is 12.8 Å². The molecular weight excluding hydrogens is 236 g/mol. The largest absolute Gasteiger partial charge is 0.478 e. The molecule has 0 spiro atoms. The number of hydrogen-bond acceptors (Lipinski definition) is 4. The number of nitrogens with zero attached hydrogens (tertiary/aromatic N) is 2. The number of hydrogen-bond donors (Lipinski definition) is 2. The summed E-state index contributed by atoms with van der Waals surface area (Å²) in [4.78, 5) is 26.0. The van der Waals surface area contributed by atoms with E-state index in [2.05, 4.69) is 0 Å². The van der Waals surface area contributed by atoms with Crippen LogP contribution >= 0.6 is 0 Å². The van der Waals surface area contributed by atoms with E-state index in [1.54, 1.807) is 0 Å². The van der Waals surface area contributed by atoms with Crippen LogP contribution in [0.2, 0.25) is 0 Å². The van der Waals surface area contributed by atoms with Crippen molar-refractivity contribution in [2.75, 3.05) is 41.3 Å². The van der Waals surface area contributed by atoms with Crippen LogP contribution in [0, 0.1) is 0 Å². The van der Waals surface area contributed by atoms with Gasteiger partial charge in [-0.05, 0) is 41.0 Å². The molecule has 0 aliphatic carbocycles. The van der Waals surface area contributed by atoms with Gasteiger partial charge in [0.25, 0.3) is 0 Å². The minimum atomic E-state index is -1.15. The van der Waals surface area contributed by atoms with Gasteiger partial charge in [-0.15, -0.1) is 0 Å². The maximum Gasteiger partial charge on any atom is 0.332 e. The van der Waals surface area contributed by atoms with Crippen LogP contribution in [0.4, 0.5) is 0 Å². The molecule has 0 aromatic heterocycles. The van der Waals surface area contributed by atoms with Crippen molar-refractivity contribution < 1.29 is 19.8 Å². The lowest BCUT2D eigenvalue weighted by molar-refractivity contribution is -0.136. The van der Waals surface area contributed by atoms with Crippen LogP contribution in [0.15, 0.2) is 11.1 Å². The standard InChI is InChI=1S/C12H22N2O4/c1-13(2)7-5-9(11(15)16)10(12(17)18)6-8-14(3)4/h5-8H2,1-4H3,(H,15,16)(H,17,18). The molecule has 0 aromatic carbocycles. The Balaban J connectivity index is 5.04. The minimum absolute atomic E-state index is 0.00181. The van der Waals surface area contributed by atoms with Crippen LogP contribution in [0.5, 0.6) is 0 Å². The SMILES string of the molecule is CN(C)CCC(C(=O)O)=C(CCN(C)C)C(=O)O. The Kier molecular flexibility index (Phi) is 7.23. The molecule has 6 nitrogen and oxygen atoms in total. The number of carboxylic acid groups (broad SMARTS) is 2. The zero-order valence-electron chi connectivity index (χ0n) is 11.4. The second-order valence-electron chi connectivity index (χ2n) is 4.67. The van der Waals surface area contributed by atoms with E-state index in [0.29, 0.717) is 13.1 Å². The lowest BCUT2D eigenvalue weighted by Gasteiger charge is -2.14. The first-order valence-electron chi connectivity index (χ1n) is 5.73. The van der Waals surface area contributed by atoms with Crippen molar-refractivity contribution in [3.05, 3.63) is 11.1 Å². The second-order valence-corrected chi connectivity index (χ2v) is 4.67. The third-order valence-electron chi connectivity index (χ3n) is 2.50. The van der Waals surface area contributed by atoms with Gasteiger partial charge in [-0.25, -0.2) is 9.59 Å². The van der Waals surface area contributed by atoms with Crippen LogP contribution in [-0.4, -0.2) is 73.2 Å². The van der Waals surface area contributed by atoms with Gasteiger partial charge in [-0.3, -0.25) is 0 Å². The topological polar surface area (TPSA) is 81.1 Å². The summed E-state index contributed by atoms with van der Waals surface area (Å²) in [6, 6.07) is 0. The fourth-order valence-electron chi connectivity index (χ4n) is 1.44. The van der Waals surface area contributed by atoms with Crippen molar-refractivity contribution in [3.8, 4) is 0 Å². The summed E-state index contributed by atoms with van der Waals surface area (Å²) in [7, 11) is 7.28. The smallest absolute Gasteiger partial charge is 0.332 e. The molecule has 0 radical (unpaired) electrons. The maximum atomic E-state index is 11.1. The van der Waals surface area contributed by atoms with E-state index in [-0.39, 0.29) is 24.0 Å². The Morgan fingerprint density at radius 3 is 1.22 bits per heavy atom. The predicted molar refractivity (Wildman–Crippen MR) is 68.6 cm³/mol. The van der Waals surface area contributed by atoms with E-state index in [9.17, 15) is 9.59 Å². The van der Waals surface area contributed by atoms with E-state index >= 15 is 0 Å². The van der Waals surface area contributed by atoms with Crippen molar-refractivity contribution in [3.63, 3.8) is 0 Å². The molecule has 0 aliphatic rings. The van der Waals surface area contributed by atoms with Crippen molar-refractivity contribution >= 4 is 11.9 Å². The molecule has 0 atom stereocenters. The zero-order valence-corrected chi connectivity index (χ0v) is 11.4. The van der Waals surface area contributed by atoms with Gasteiger partial charge < -0.3 is 20.0 Å². The molecule has 0 amide bonds. The summed E-state index contributed by atoms with van der Waals surface area (Å²) in [6.45, 7) is 1.03. The summed E-state index contributed by atoms with van der Waals surface area (Å²) in [5, 5.41) is 18.2. The quantitative estimate of drug-likeness (QED) is 0.612. The lowest BCUT2D eigenvalue weighted by atomic mass is 10.0. The monoisotopic (exact) mass is 258 g/mol. The average molecular weight is 258 g/mol. The Hall–Kier alpha value is -1.40. The average Bonchev–Trinajstić information content (AvgIpc) is 2.20. The van der Waals surface area contributed by atoms with E-state index in [1.165, 1.54) is 0 Å². The van der Waals surface area contributed by atoms with E-state index in [1.807, 2.05) is 38.0 Å². The van der Waals surface area contributed by atoms with E-state index < -0.39 is 11.9 Å². The number of carboxylic acids is 2. The maximum absolute atomic E-state index is 11.1. The third-order valence-corrected chi connectivity index (χ3v) is 2.50. The Bertz CT molecular complexity index is 303. The van der Waals surface area contributed by atoms with Crippen LogP contribution in [0.3, 0.4) is 0 Å². The molecule has 0 saturated heterocycles. The Labute approximate surface area is 107 Å². The molecule has 0 aliphatic heterocycles. The summed E-state index contributed by atoms with van der Waals surface area (Å²) >= 11 is 0. The normalized spacial score (nSPS) is 12.8. The first-order chi connectivity index (χ1) is 8.25. The van der Waals surface area contributed by atoms with Gasteiger partial charge in [0.15, 0.2) is 0 Å². The van der Waals surface area contributed by atoms with Gasteiger partial charge in [-0.2, -0.15) is 0 Å². The number of aliphatic carboxylic acids is 2. The summed E-state index contributed by atoms with van der Waals surface area (Å²) in [5.41, 5.74) is -0.00361. The first kappa shape index (κ1) is 16.6. The molecule has 0 rings (SSSR count). The second kappa shape index (κ2) is 7.84. The molecule has 6 heteroatoms. The van der Waals surface area contributed by atoms with Gasteiger partial charge in [-0.1, -0.05) is 0 Å². The Morgan fingerprint density at radius 2 is 1.06 bits per heavy atom. The van der Waals surface area contributed by atoms with Crippen molar-refractivity contribution in [1.82, 2.24) is 9.80 Å². The fourth-order valence-corrected chi connectivity index (χ4v) is 1.44. The molecule has 18 heavy (non-hydrogen) atoms. The lowest BCUT2D eigenvalue weighted by Crippen LogP contribution is -2.21. The third kappa shape index (κ3) is 6.36. The van der Waals surface area contributed by atoms with Gasteiger partial charge in [0.2, 0.25) is 0 Å². The summed E-state index contributed by atoms with van der Waals surface area (Å²) in [5.74, 6) is -2.29. The van der Waals surface area contributed by atoms with Gasteiger partial charge in [0.05, 0.1) is 0 Å². The van der Waals surface area contributed by atoms with Gasteiger partial charge >= 0.3 is 11.9 Å². The molecular formula is C12H22N2O4. The molecule has 104 valence electrons. The van der Waals surface area contributed by atoms with E-state index in [0.717, 1.165) is 0 Å². The highest BCUT2D eigenvalue weighted by Gasteiger charge is 2.20. The summed E-state index contributed by atoms with van der Waals surface area (Å²) in [6.07, 6.45) is 0.467. The Morgan fingerprint density at radius 1 is 0.778 bits per heavy atom. The highest BCUT2D eigenvalue weighted by molar-refractivity contribution is 5.98. The molecule has 0 bridgehead atoms. The van der Waals surface area contributed by atoms with Crippen LogP contribution in [-0.2, 0) is 9.59 Å². The highest BCUT2D eigenvalue weighted by Crippen LogP contribution is 2.14. The molecule has 0 saturated carbocycles. The van der Waals surface area contributed by atoms with Crippen LogP contribution < -0.4 is 0 Å². The first-order valence-corrected chi connectivity index (χ1v) is 5.73. The molecule has 0 heterocycles. The molecule has 0 fully saturated rings. The molecule has 2 N–H and O–H groups in total. The molecule has 0 unspecified atom stereocenters. The summed E-state index contributed by atoms with van der Waals surface area (Å²) < 4.78 is 0. The van der Waals surface area contributed by atoms with Crippen molar-refractivity contribution in [2.24, 2.45) is 0 Å². The highest BCUT2D eigenvalue weighted by atomic mass is 16.4. The zero-order chi connectivity index (χ0) is 14.3. The number of rotatable bonds is 8. The van der Waals surface area contributed by atoms with Gasteiger partial charge in [0.1, 0.15) is 0 Å². The van der Waals surface area contributed by atoms with Crippen molar-refractivity contribution in [1.29, 1.82) is 0 Å².